The molecule has 1 N–H and O–H groups in total. The van der Waals surface area contributed by atoms with Gasteiger partial charge in [-0.1, -0.05) is 42.0 Å². The van der Waals surface area contributed by atoms with Crippen LogP contribution in [0.1, 0.15) is 36.1 Å². The molecule has 0 aliphatic carbocycles. The van der Waals surface area contributed by atoms with Gasteiger partial charge in [-0.15, -0.1) is 0 Å². The SMILES string of the molecule is Cc1ccc(OCC(=O)NCc2ccccc2CN2CC(C)OC(C)C2)c(C)c1. The number of carbonyl (C=O) groups excluding carboxylic acids is 1. The van der Waals surface area contributed by atoms with E-state index in [0.29, 0.717) is 6.54 Å². The summed E-state index contributed by atoms with van der Waals surface area (Å²) in [6.45, 7) is 11.5. The van der Waals surface area contributed by atoms with Gasteiger partial charge in [-0.2, -0.15) is 0 Å². The van der Waals surface area contributed by atoms with Crippen LogP contribution in [0.25, 0.3) is 0 Å². The third kappa shape index (κ3) is 6.31. The van der Waals surface area contributed by atoms with Gasteiger partial charge in [0.15, 0.2) is 6.61 Å². The van der Waals surface area contributed by atoms with Crippen LogP contribution in [-0.2, 0) is 22.6 Å². The maximum absolute atomic E-state index is 12.3. The van der Waals surface area contributed by atoms with Gasteiger partial charge in [0.2, 0.25) is 0 Å². The molecule has 5 nitrogen and oxygen atoms in total. The summed E-state index contributed by atoms with van der Waals surface area (Å²) in [5.41, 5.74) is 4.60. The summed E-state index contributed by atoms with van der Waals surface area (Å²) in [6, 6.07) is 14.2. The van der Waals surface area contributed by atoms with Crippen LogP contribution >= 0.6 is 0 Å². The van der Waals surface area contributed by atoms with Crippen LogP contribution in [0.4, 0.5) is 0 Å². The Balaban J connectivity index is 1.53. The number of nitrogens with one attached hydrogen (secondary N) is 1. The Morgan fingerprint density at radius 3 is 2.48 bits per heavy atom. The largest absolute Gasteiger partial charge is 0.484 e. The van der Waals surface area contributed by atoms with Gasteiger partial charge in [0.25, 0.3) is 5.91 Å². The van der Waals surface area contributed by atoms with E-state index >= 15 is 0 Å². The summed E-state index contributed by atoms with van der Waals surface area (Å²) < 4.78 is 11.5. The fraction of sp³-hybridized carbons (Fsp3) is 0.458. The molecular weight excluding hydrogens is 364 g/mol. The van der Waals surface area contributed by atoms with Crippen molar-refractivity contribution in [3.8, 4) is 5.75 Å². The number of rotatable bonds is 7. The molecule has 1 saturated heterocycles. The first-order valence-corrected chi connectivity index (χ1v) is 10.3. The number of hydrogen-bond acceptors (Lipinski definition) is 4. The van der Waals surface area contributed by atoms with E-state index in [1.54, 1.807) is 0 Å². The zero-order valence-corrected chi connectivity index (χ0v) is 17.9. The second kappa shape index (κ2) is 9.90. The number of benzene rings is 2. The Morgan fingerprint density at radius 1 is 1.10 bits per heavy atom. The molecule has 1 aliphatic rings. The average Bonchev–Trinajstić information content (AvgIpc) is 2.66. The molecule has 5 heteroatoms. The molecule has 2 atom stereocenters. The lowest BCUT2D eigenvalue weighted by atomic mass is 10.1. The molecule has 1 amide bonds. The molecule has 2 aromatic rings. The average molecular weight is 397 g/mol. The number of amides is 1. The molecule has 0 saturated carbocycles. The van der Waals surface area contributed by atoms with Crippen molar-refractivity contribution in [3.63, 3.8) is 0 Å². The quantitative estimate of drug-likeness (QED) is 0.777. The van der Waals surface area contributed by atoms with Gasteiger partial charge in [0, 0.05) is 26.2 Å². The van der Waals surface area contributed by atoms with E-state index in [-0.39, 0.29) is 24.7 Å². The fourth-order valence-corrected chi connectivity index (χ4v) is 3.89. The third-order valence-corrected chi connectivity index (χ3v) is 5.17. The van der Waals surface area contributed by atoms with Crippen LogP contribution in [0.3, 0.4) is 0 Å². The predicted octanol–water partition coefficient (Wildman–Crippen LogP) is 3.61. The Kier molecular flexibility index (Phi) is 7.29. The summed E-state index contributed by atoms with van der Waals surface area (Å²) in [4.78, 5) is 14.7. The van der Waals surface area contributed by atoms with Gasteiger partial charge >= 0.3 is 0 Å². The fourth-order valence-electron chi connectivity index (χ4n) is 3.89. The molecule has 3 rings (SSSR count). The Hall–Kier alpha value is -2.37. The van der Waals surface area contributed by atoms with Gasteiger partial charge in [-0.05, 0) is 50.5 Å². The van der Waals surface area contributed by atoms with Gasteiger partial charge in [-0.3, -0.25) is 9.69 Å². The summed E-state index contributed by atoms with van der Waals surface area (Å²) in [7, 11) is 0. The number of aryl methyl sites for hydroxylation is 2. The van der Waals surface area contributed by atoms with Gasteiger partial charge in [0.1, 0.15) is 5.75 Å². The minimum atomic E-state index is -0.117. The molecule has 156 valence electrons. The van der Waals surface area contributed by atoms with E-state index in [4.69, 9.17) is 9.47 Å². The van der Waals surface area contributed by atoms with Crippen molar-refractivity contribution < 1.29 is 14.3 Å². The maximum Gasteiger partial charge on any atom is 0.258 e. The zero-order valence-electron chi connectivity index (χ0n) is 17.9. The number of hydrogen-bond donors (Lipinski definition) is 1. The molecule has 1 fully saturated rings. The highest BCUT2D eigenvalue weighted by Crippen LogP contribution is 2.19. The lowest BCUT2D eigenvalue weighted by Gasteiger charge is -2.35. The maximum atomic E-state index is 12.3. The zero-order chi connectivity index (χ0) is 20.8. The molecule has 0 spiro atoms. The first-order valence-electron chi connectivity index (χ1n) is 10.3. The molecule has 29 heavy (non-hydrogen) atoms. The van der Waals surface area contributed by atoms with Gasteiger partial charge < -0.3 is 14.8 Å². The summed E-state index contributed by atoms with van der Waals surface area (Å²) in [5, 5.41) is 2.99. The van der Waals surface area contributed by atoms with Crippen molar-refractivity contribution in [2.75, 3.05) is 19.7 Å². The smallest absolute Gasteiger partial charge is 0.258 e. The number of ether oxygens (including phenoxy) is 2. The first kappa shape index (κ1) is 21.3. The molecule has 1 aliphatic heterocycles. The topological polar surface area (TPSA) is 50.8 Å². The number of nitrogens with zero attached hydrogens (tertiary/aromatic N) is 1. The highest BCUT2D eigenvalue weighted by atomic mass is 16.5. The van der Waals surface area contributed by atoms with E-state index in [1.165, 1.54) is 11.1 Å². The number of morpholine rings is 1. The van der Waals surface area contributed by atoms with E-state index in [0.717, 1.165) is 36.5 Å². The monoisotopic (exact) mass is 396 g/mol. The standard InChI is InChI=1S/C24H32N2O3/c1-17-9-10-23(18(2)11-17)28-16-24(27)25-12-21-7-5-6-8-22(21)15-26-13-19(3)29-20(4)14-26/h5-11,19-20H,12-16H2,1-4H3,(H,25,27). The summed E-state index contributed by atoms with van der Waals surface area (Å²) in [5.74, 6) is 0.634. The van der Waals surface area contributed by atoms with Crippen LogP contribution in [0.2, 0.25) is 0 Å². The van der Waals surface area contributed by atoms with Gasteiger partial charge in [-0.25, -0.2) is 0 Å². The van der Waals surface area contributed by atoms with Gasteiger partial charge in [0.05, 0.1) is 12.2 Å². The molecular formula is C24H32N2O3. The first-order chi connectivity index (χ1) is 13.9. The van der Waals surface area contributed by atoms with Crippen LogP contribution < -0.4 is 10.1 Å². The summed E-state index contributed by atoms with van der Waals surface area (Å²) >= 11 is 0. The Bertz CT molecular complexity index is 827. The summed E-state index contributed by atoms with van der Waals surface area (Å²) in [6.07, 6.45) is 0.487. The van der Waals surface area contributed by atoms with Crippen molar-refractivity contribution in [1.82, 2.24) is 10.2 Å². The molecule has 2 unspecified atom stereocenters. The molecule has 0 radical (unpaired) electrons. The third-order valence-electron chi connectivity index (χ3n) is 5.17. The predicted molar refractivity (Wildman–Crippen MR) is 115 cm³/mol. The van der Waals surface area contributed by atoms with Crippen LogP contribution in [0.5, 0.6) is 5.75 Å². The molecule has 1 heterocycles. The van der Waals surface area contributed by atoms with E-state index < -0.39 is 0 Å². The minimum absolute atomic E-state index is 0.0184. The minimum Gasteiger partial charge on any atom is -0.484 e. The van der Waals surface area contributed by atoms with Crippen molar-refractivity contribution >= 4 is 5.91 Å². The van der Waals surface area contributed by atoms with E-state index in [2.05, 4.69) is 48.3 Å². The van der Waals surface area contributed by atoms with E-state index in [1.807, 2.05) is 32.0 Å². The van der Waals surface area contributed by atoms with Crippen molar-refractivity contribution in [3.05, 3.63) is 64.7 Å². The van der Waals surface area contributed by atoms with Crippen LogP contribution in [0.15, 0.2) is 42.5 Å². The second-order valence-electron chi connectivity index (χ2n) is 8.05. The van der Waals surface area contributed by atoms with E-state index in [9.17, 15) is 4.79 Å². The van der Waals surface area contributed by atoms with Crippen LogP contribution in [-0.4, -0.2) is 42.7 Å². The lowest BCUT2D eigenvalue weighted by molar-refractivity contribution is -0.123. The normalized spacial score (nSPS) is 19.7. The van der Waals surface area contributed by atoms with Crippen LogP contribution in [0, 0.1) is 13.8 Å². The molecule has 0 aromatic heterocycles. The van der Waals surface area contributed by atoms with Crippen molar-refractivity contribution in [1.29, 1.82) is 0 Å². The second-order valence-corrected chi connectivity index (χ2v) is 8.05. The highest BCUT2D eigenvalue weighted by molar-refractivity contribution is 5.77. The van der Waals surface area contributed by atoms with Crippen molar-refractivity contribution in [2.45, 2.75) is 53.0 Å². The highest BCUT2D eigenvalue weighted by Gasteiger charge is 2.22. The molecule has 2 aromatic carbocycles. The molecule has 0 bridgehead atoms. The lowest BCUT2D eigenvalue weighted by Crippen LogP contribution is -2.45. The van der Waals surface area contributed by atoms with Crippen molar-refractivity contribution in [2.24, 2.45) is 0 Å². The Labute approximate surface area is 174 Å². The Morgan fingerprint density at radius 2 is 1.79 bits per heavy atom. The number of carbonyl (C=O) groups is 1.